The number of para-hydroxylation sites is 2. The largest absolute Gasteiger partial charge is 0.338 e. The standard InChI is InChI=1S/C20H28N4O/c1-3-20(25)24-13-7-11-18(24)17-10-6-12-23(17)14-19-21-15-8-4-5-9-16(15)22(19)2/h4-5,8-9,17-18H,3,6-7,10-14H2,1-2H3/t17-,18-/m0/s1. The fraction of sp³-hybridized carbons (Fsp3) is 0.600. The van der Waals surface area contributed by atoms with E-state index in [2.05, 4.69) is 39.6 Å². The highest BCUT2D eigenvalue weighted by Gasteiger charge is 2.39. The summed E-state index contributed by atoms with van der Waals surface area (Å²) in [7, 11) is 2.11. The van der Waals surface area contributed by atoms with Crippen LogP contribution >= 0.6 is 0 Å². The molecule has 0 spiro atoms. The molecule has 0 unspecified atom stereocenters. The molecule has 5 heteroatoms. The van der Waals surface area contributed by atoms with Crippen molar-refractivity contribution in [2.45, 2.75) is 57.7 Å². The molecule has 0 aliphatic carbocycles. The van der Waals surface area contributed by atoms with E-state index in [9.17, 15) is 4.79 Å². The van der Waals surface area contributed by atoms with Gasteiger partial charge in [-0.3, -0.25) is 9.69 Å². The average Bonchev–Trinajstić information content (AvgIpc) is 3.34. The number of amides is 1. The fourth-order valence-electron chi connectivity index (χ4n) is 4.71. The number of carbonyl (C=O) groups is 1. The number of imidazole rings is 1. The molecular weight excluding hydrogens is 312 g/mol. The van der Waals surface area contributed by atoms with E-state index in [4.69, 9.17) is 4.98 Å². The Morgan fingerprint density at radius 2 is 1.92 bits per heavy atom. The van der Waals surface area contributed by atoms with Gasteiger partial charge in [0, 0.05) is 32.1 Å². The van der Waals surface area contributed by atoms with Gasteiger partial charge in [-0.05, 0) is 44.4 Å². The van der Waals surface area contributed by atoms with Crippen LogP contribution in [0.5, 0.6) is 0 Å². The maximum Gasteiger partial charge on any atom is 0.222 e. The second kappa shape index (κ2) is 6.79. The van der Waals surface area contributed by atoms with Crippen molar-refractivity contribution in [3.05, 3.63) is 30.1 Å². The first-order valence-electron chi connectivity index (χ1n) is 9.63. The lowest BCUT2D eigenvalue weighted by atomic mass is 10.0. The molecule has 2 atom stereocenters. The summed E-state index contributed by atoms with van der Waals surface area (Å²) >= 11 is 0. The molecule has 1 aromatic heterocycles. The van der Waals surface area contributed by atoms with E-state index >= 15 is 0 Å². The second-order valence-corrected chi connectivity index (χ2v) is 7.41. The molecule has 2 aliphatic heterocycles. The number of aryl methyl sites for hydroxylation is 1. The van der Waals surface area contributed by atoms with Crippen molar-refractivity contribution in [1.82, 2.24) is 19.4 Å². The summed E-state index contributed by atoms with van der Waals surface area (Å²) in [5, 5.41) is 0. The van der Waals surface area contributed by atoms with Crippen LogP contribution in [0.1, 0.15) is 44.9 Å². The third kappa shape index (κ3) is 2.95. The highest BCUT2D eigenvalue weighted by molar-refractivity contribution is 5.76. The molecule has 0 radical (unpaired) electrons. The maximum atomic E-state index is 12.3. The van der Waals surface area contributed by atoms with Crippen molar-refractivity contribution < 1.29 is 4.79 Å². The number of aromatic nitrogens is 2. The Bertz CT molecular complexity index is 768. The highest BCUT2D eigenvalue weighted by Crippen LogP contribution is 2.31. The van der Waals surface area contributed by atoms with Gasteiger partial charge in [0.05, 0.1) is 17.6 Å². The lowest BCUT2D eigenvalue weighted by molar-refractivity contribution is -0.132. The summed E-state index contributed by atoms with van der Waals surface area (Å²) in [4.78, 5) is 21.9. The summed E-state index contributed by atoms with van der Waals surface area (Å²) in [5.74, 6) is 1.44. The number of carbonyl (C=O) groups excluding carboxylic acids is 1. The van der Waals surface area contributed by atoms with Gasteiger partial charge in [-0.15, -0.1) is 0 Å². The number of fused-ring (bicyclic) bond motifs is 1. The van der Waals surface area contributed by atoms with Crippen LogP contribution in [0.15, 0.2) is 24.3 Å². The van der Waals surface area contributed by atoms with Gasteiger partial charge >= 0.3 is 0 Å². The Morgan fingerprint density at radius 1 is 1.16 bits per heavy atom. The second-order valence-electron chi connectivity index (χ2n) is 7.41. The Balaban J connectivity index is 1.55. The SMILES string of the molecule is CCC(=O)N1CCC[C@H]1[C@@H]1CCCN1Cc1nc2ccccc2n1C. The van der Waals surface area contributed by atoms with E-state index in [1.54, 1.807) is 0 Å². The molecule has 2 saturated heterocycles. The third-order valence-electron chi connectivity index (χ3n) is 6.00. The first kappa shape index (κ1) is 16.6. The lowest BCUT2D eigenvalue weighted by Crippen LogP contribution is -2.48. The van der Waals surface area contributed by atoms with Gasteiger partial charge in [0.1, 0.15) is 5.82 Å². The zero-order valence-corrected chi connectivity index (χ0v) is 15.3. The van der Waals surface area contributed by atoms with Crippen LogP contribution in [0, 0.1) is 0 Å². The summed E-state index contributed by atoms with van der Waals surface area (Å²) in [6, 6.07) is 9.21. The zero-order chi connectivity index (χ0) is 17.4. The van der Waals surface area contributed by atoms with E-state index in [1.165, 1.54) is 18.4 Å². The minimum Gasteiger partial charge on any atom is -0.338 e. The highest BCUT2D eigenvalue weighted by atomic mass is 16.2. The van der Waals surface area contributed by atoms with Crippen molar-refractivity contribution in [3.63, 3.8) is 0 Å². The number of hydrogen-bond donors (Lipinski definition) is 0. The van der Waals surface area contributed by atoms with Crippen molar-refractivity contribution >= 4 is 16.9 Å². The molecule has 0 N–H and O–H groups in total. The topological polar surface area (TPSA) is 41.4 Å². The molecule has 3 heterocycles. The van der Waals surface area contributed by atoms with Gasteiger partial charge in [0.15, 0.2) is 0 Å². The molecule has 2 aromatic rings. The minimum atomic E-state index is 0.317. The van der Waals surface area contributed by atoms with Crippen molar-refractivity contribution in [3.8, 4) is 0 Å². The van der Waals surface area contributed by atoms with Crippen LogP contribution in [0.3, 0.4) is 0 Å². The van der Waals surface area contributed by atoms with Crippen LogP contribution in [0.25, 0.3) is 11.0 Å². The number of rotatable bonds is 4. The molecule has 1 amide bonds. The third-order valence-corrected chi connectivity index (χ3v) is 6.00. The normalized spacial score (nSPS) is 24.5. The molecule has 25 heavy (non-hydrogen) atoms. The Kier molecular flexibility index (Phi) is 4.50. The van der Waals surface area contributed by atoms with Gasteiger partial charge in [-0.25, -0.2) is 4.98 Å². The number of likely N-dealkylation sites (tertiary alicyclic amines) is 2. The summed E-state index contributed by atoms with van der Waals surface area (Å²) in [6.07, 6.45) is 5.33. The van der Waals surface area contributed by atoms with E-state index in [0.29, 0.717) is 24.4 Å². The summed E-state index contributed by atoms with van der Waals surface area (Å²) in [6.45, 7) is 4.90. The van der Waals surface area contributed by atoms with Gasteiger partial charge in [-0.1, -0.05) is 19.1 Å². The summed E-state index contributed by atoms with van der Waals surface area (Å²) < 4.78 is 2.22. The maximum absolute atomic E-state index is 12.3. The molecular formula is C20H28N4O. The molecule has 0 bridgehead atoms. The molecule has 2 aliphatic rings. The van der Waals surface area contributed by atoms with E-state index in [-0.39, 0.29) is 0 Å². The zero-order valence-electron chi connectivity index (χ0n) is 15.3. The molecule has 134 valence electrons. The molecule has 2 fully saturated rings. The van der Waals surface area contributed by atoms with Gasteiger partial charge in [-0.2, -0.15) is 0 Å². The van der Waals surface area contributed by atoms with Gasteiger partial charge in [0.25, 0.3) is 0 Å². The van der Waals surface area contributed by atoms with E-state index < -0.39 is 0 Å². The first-order valence-corrected chi connectivity index (χ1v) is 9.63. The van der Waals surface area contributed by atoms with Crippen molar-refractivity contribution in [1.29, 1.82) is 0 Å². The first-order chi connectivity index (χ1) is 12.2. The minimum absolute atomic E-state index is 0.317. The molecule has 0 saturated carbocycles. The van der Waals surface area contributed by atoms with Crippen LogP contribution < -0.4 is 0 Å². The van der Waals surface area contributed by atoms with Gasteiger partial charge in [0.2, 0.25) is 5.91 Å². The fourth-order valence-corrected chi connectivity index (χ4v) is 4.71. The number of hydrogen-bond acceptors (Lipinski definition) is 3. The number of benzene rings is 1. The van der Waals surface area contributed by atoms with Gasteiger partial charge < -0.3 is 9.47 Å². The number of nitrogens with zero attached hydrogens (tertiary/aromatic N) is 4. The van der Waals surface area contributed by atoms with Crippen molar-refractivity contribution in [2.24, 2.45) is 7.05 Å². The quantitative estimate of drug-likeness (QED) is 0.859. The summed E-state index contributed by atoms with van der Waals surface area (Å²) in [5.41, 5.74) is 2.26. The van der Waals surface area contributed by atoms with Crippen LogP contribution in [-0.4, -0.2) is 50.4 Å². The predicted octanol–water partition coefficient (Wildman–Crippen LogP) is 2.94. The Hall–Kier alpha value is -1.88. The van der Waals surface area contributed by atoms with Crippen molar-refractivity contribution in [2.75, 3.05) is 13.1 Å². The predicted molar refractivity (Wildman–Crippen MR) is 99.2 cm³/mol. The average molecular weight is 340 g/mol. The monoisotopic (exact) mass is 340 g/mol. The molecule has 4 rings (SSSR count). The van der Waals surface area contributed by atoms with E-state index in [1.807, 2.05) is 13.0 Å². The Morgan fingerprint density at radius 3 is 2.72 bits per heavy atom. The van der Waals surface area contributed by atoms with Crippen LogP contribution in [-0.2, 0) is 18.4 Å². The molecule has 1 aromatic carbocycles. The Labute approximate surface area is 149 Å². The van der Waals surface area contributed by atoms with E-state index in [0.717, 1.165) is 43.8 Å². The smallest absolute Gasteiger partial charge is 0.222 e. The van der Waals surface area contributed by atoms with Crippen LogP contribution in [0.2, 0.25) is 0 Å². The van der Waals surface area contributed by atoms with Crippen LogP contribution in [0.4, 0.5) is 0 Å². The molecule has 5 nitrogen and oxygen atoms in total. The lowest BCUT2D eigenvalue weighted by Gasteiger charge is -2.34.